The normalized spacial score (nSPS) is 11.0. The van der Waals surface area contributed by atoms with E-state index in [0.717, 1.165) is 5.56 Å². The minimum absolute atomic E-state index is 0.408. The lowest BCUT2D eigenvalue weighted by molar-refractivity contribution is 0.0530. The molecule has 0 aliphatic heterocycles. The molecule has 8 nitrogen and oxygen atoms in total. The third kappa shape index (κ3) is 5.04. The van der Waals surface area contributed by atoms with E-state index in [1.54, 1.807) is 12.4 Å². The zero-order valence-corrected chi connectivity index (χ0v) is 12.9. The molecule has 2 rings (SSSR count). The van der Waals surface area contributed by atoms with Crippen LogP contribution in [0.3, 0.4) is 0 Å². The molecule has 0 saturated heterocycles. The van der Waals surface area contributed by atoms with E-state index < -0.39 is 11.7 Å². The number of alkyl carbamates (subject to hydrolysis) is 1. The fourth-order valence-electron chi connectivity index (χ4n) is 1.63. The number of carbonyl (C=O) groups excluding carboxylic acids is 1. The number of anilines is 1. The van der Waals surface area contributed by atoms with Crippen LogP contribution in [0.1, 0.15) is 20.8 Å². The van der Waals surface area contributed by atoms with Gasteiger partial charge in [-0.3, -0.25) is 10.1 Å². The first-order chi connectivity index (χ1) is 10.4. The smallest absolute Gasteiger partial charge is 0.407 e. The summed E-state index contributed by atoms with van der Waals surface area (Å²) in [5.74, 6) is 1.10. The number of pyridine rings is 1. The van der Waals surface area contributed by atoms with Gasteiger partial charge in [0.1, 0.15) is 5.60 Å². The molecule has 0 aliphatic rings. The molecule has 2 aromatic rings. The van der Waals surface area contributed by atoms with E-state index in [1.807, 2.05) is 32.9 Å². The molecule has 2 heterocycles. The molecule has 118 valence electrons. The first-order valence-corrected chi connectivity index (χ1v) is 6.97. The van der Waals surface area contributed by atoms with E-state index in [2.05, 4.69) is 30.8 Å². The molecule has 0 aromatic carbocycles. The van der Waals surface area contributed by atoms with E-state index in [9.17, 15) is 4.79 Å². The Morgan fingerprint density at radius 2 is 2.18 bits per heavy atom. The number of rotatable bonds is 5. The second-order valence-corrected chi connectivity index (χ2v) is 5.60. The van der Waals surface area contributed by atoms with E-state index >= 15 is 0 Å². The number of amides is 1. The summed E-state index contributed by atoms with van der Waals surface area (Å²) >= 11 is 0. The van der Waals surface area contributed by atoms with Crippen molar-refractivity contribution >= 4 is 12.0 Å². The number of aromatic amines is 1. The number of carbonyl (C=O) groups is 1. The molecule has 2 aromatic heterocycles. The highest BCUT2D eigenvalue weighted by atomic mass is 16.6. The average Bonchev–Trinajstić information content (AvgIpc) is 2.91. The zero-order valence-electron chi connectivity index (χ0n) is 12.9. The minimum atomic E-state index is -0.500. The van der Waals surface area contributed by atoms with E-state index in [-0.39, 0.29) is 0 Å². The molecule has 0 bridgehead atoms. The van der Waals surface area contributed by atoms with Crippen LogP contribution in [0.5, 0.6) is 0 Å². The Kier molecular flexibility index (Phi) is 4.92. The maximum atomic E-state index is 11.5. The van der Waals surface area contributed by atoms with Gasteiger partial charge in [-0.05, 0) is 32.9 Å². The van der Waals surface area contributed by atoms with Gasteiger partial charge in [0.05, 0.1) is 0 Å². The van der Waals surface area contributed by atoms with Crippen molar-refractivity contribution in [2.75, 3.05) is 18.4 Å². The summed E-state index contributed by atoms with van der Waals surface area (Å²) in [5.41, 5.74) is 0.356. The van der Waals surface area contributed by atoms with Crippen LogP contribution >= 0.6 is 0 Å². The second kappa shape index (κ2) is 6.88. The first kappa shape index (κ1) is 15.7. The van der Waals surface area contributed by atoms with Gasteiger partial charge in [-0.2, -0.15) is 4.98 Å². The van der Waals surface area contributed by atoms with Gasteiger partial charge in [0.15, 0.2) is 5.82 Å². The minimum Gasteiger partial charge on any atom is -0.444 e. The Bertz CT molecular complexity index is 605. The Hall–Kier alpha value is -2.64. The first-order valence-electron chi connectivity index (χ1n) is 6.97. The molecule has 0 atom stereocenters. The van der Waals surface area contributed by atoms with Crippen molar-refractivity contribution in [3.05, 3.63) is 24.5 Å². The number of hydrogen-bond donors (Lipinski definition) is 3. The largest absolute Gasteiger partial charge is 0.444 e. The summed E-state index contributed by atoms with van der Waals surface area (Å²) in [5, 5.41) is 12.5. The SMILES string of the molecule is CC(C)(C)OC(=O)NCCNc1n[nH]c(-c2cccnc2)n1. The quantitative estimate of drug-likeness (QED) is 0.728. The van der Waals surface area contributed by atoms with Gasteiger partial charge in [-0.1, -0.05) is 0 Å². The molecule has 0 saturated carbocycles. The van der Waals surface area contributed by atoms with Crippen LogP contribution in [0.25, 0.3) is 11.4 Å². The Balaban J connectivity index is 1.74. The van der Waals surface area contributed by atoms with Crippen LogP contribution in [-0.2, 0) is 4.74 Å². The van der Waals surface area contributed by atoms with Gasteiger partial charge in [0.2, 0.25) is 5.95 Å². The monoisotopic (exact) mass is 304 g/mol. The van der Waals surface area contributed by atoms with Crippen molar-refractivity contribution < 1.29 is 9.53 Å². The lowest BCUT2D eigenvalue weighted by atomic mass is 10.2. The molecule has 0 spiro atoms. The van der Waals surface area contributed by atoms with Crippen molar-refractivity contribution in [2.45, 2.75) is 26.4 Å². The van der Waals surface area contributed by atoms with Gasteiger partial charge in [-0.15, -0.1) is 5.10 Å². The lowest BCUT2D eigenvalue weighted by Gasteiger charge is -2.19. The van der Waals surface area contributed by atoms with Crippen LogP contribution in [0, 0.1) is 0 Å². The molecule has 1 amide bonds. The number of nitrogens with one attached hydrogen (secondary N) is 3. The molecule has 0 radical (unpaired) electrons. The predicted molar refractivity (Wildman–Crippen MR) is 82.3 cm³/mol. The summed E-state index contributed by atoms with van der Waals surface area (Å²) in [6.07, 6.45) is 2.95. The van der Waals surface area contributed by atoms with Crippen molar-refractivity contribution in [1.29, 1.82) is 0 Å². The van der Waals surface area contributed by atoms with Crippen LogP contribution < -0.4 is 10.6 Å². The van der Waals surface area contributed by atoms with Gasteiger partial charge >= 0.3 is 6.09 Å². The second-order valence-electron chi connectivity index (χ2n) is 5.60. The molecule has 0 unspecified atom stereocenters. The van der Waals surface area contributed by atoms with Gasteiger partial charge < -0.3 is 15.4 Å². The Morgan fingerprint density at radius 1 is 1.36 bits per heavy atom. The molecule has 22 heavy (non-hydrogen) atoms. The maximum absolute atomic E-state index is 11.5. The van der Waals surface area contributed by atoms with Crippen LogP contribution in [-0.4, -0.2) is 44.9 Å². The summed E-state index contributed by atoms with van der Waals surface area (Å²) in [4.78, 5) is 19.8. The summed E-state index contributed by atoms with van der Waals surface area (Å²) < 4.78 is 5.13. The summed E-state index contributed by atoms with van der Waals surface area (Å²) in [6.45, 7) is 6.35. The number of ether oxygens (including phenoxy) is 1. The topological polar surface area (TPSA) is 105 Å². The van der Waals surface area contributed by atoms with Crippen molar-refractivity contribution in [2.24, 2.45) is 0 Å². The van der Waals surface area contributed by atoms with Gasteiger partial charge in [0, 0.05) is 31.0 Å². The number of aromatic nitrogens is 4. The molecule has 0 aliphatic carbocycles. The fourth-order valence-corrected chi connectivity index (χ4v) is 1.63. The van der Waals surface area contributed by atoms with Crippen LogP contribution in [0.15, 0.2) is 24.5 Å². The highest BCUT2D eigenvalue weighted by Gasteiger charge is 2.15. The lowest BCUT2D eigenvalue weighted by Crippen LogP contribution is -2.35. The standard InChI is InChI=1S/C14H20N6O2/c1-14(2,3)22-13(21)17-8-7-16-12-18-11(19-20-12)10-5-4-6-15-9-10/h4-6,9H,7-8H2,1-3H3,(H,17,21)(H2,16,18,19,20). The van der Waals surface area contributed by atoms with Gasteiger partial charge in [-0.25, -0.2) is 4.79 Å². The molecule has 3 N–H and O–H groups in total. The van der Waals surface area contributed by atoms with E-state index in [4.69, 9.17) is 4.74 Å². The maximum Gasteiger partial charge on any atom is 0.407 e. The number of hydrogen-bond acceptors (Lipinski definition) is 6. The molecular weight excluding hydrogens is 284 g/mol. The molecule has 0 fully saturated rings. The van der Waals surface area contributed by atoms with Crippen LogP contribution in [0.4, 0.5) is 10.7 Å². The number of H-pyrrole nitrogens is 1. The third-order valence-electron chi connectivity index (χ3n) is 2.50. The molecular formula is C14H20N6O2. The highest BCUT2D eigenvalue weighted by Crippen LogP contribution is 2.13. The van der Waals surface area contributed by atoms with Crippen LogP contribution in [0.2, 0.25) is 0 Å². The van der Waals surface area contributed by atoms with E-state index in [1.165, 1.54) is 0 Å². The zero-order chi connectivity index (χ0) is 16.0. The Labute approximate surface area is 128 Å². The molecule has 8 heteroatoms. The third-order valence-corrected chi connectivity index (χ3v) is 2.50. The van der Waals surface area contributed by atoms with Crippen molar-refractivity contribution in [3.8, 4) is 11.4 Å². The van der Waals surface area contributed by atoms with Gasteiger partial charge in [0.25, 0.3) is 0 Å². The Morgan fingerprint density at radius 3 is 2.86 bits per heavy atom. The highest BCUT2D eigenvalue weighted by molar-refractivity contribution is 5.67. The summed E-state index contributed by atoms with van der Waals surface area (Å²) in [6, 6.07) is 3.72. The van der Waals surface area contributed by atoms with Crippen molar-refractivity contribution in [3.63, 3.8) is 0 Å². The summed E-state index contributed by atoms with van der Waals surface area (Å²) in [7, 11) is 0. The average molecular weight is 304 g/mol. The number of nitrogens with zero attached hydrogens (tertiary/aromatic N) is 3. The predicted octanol–water partition coefficient (Wildman–Crippen LogP) is 1.80. The fraction of sp³-hybridized carbons (Fsp3) is 0.429. The van der Waals surface area contributed by atoms with Crippen molar-refractivity contribution in [1.82, 2.24) is 25.5 Å². The van der Waals surface area contributed by atoms with E-state index in [0.29, 0.717) is 24.9 Å².